The van der Waals surface area contributed by atoms with Gasteiger partial charge in [-0.05, 0) is 22.4 Å². The second-order valence-corrected chi connectivity index (χ2v) is 4.68. The Hall–Kier alpha value is -2.62. The molecule has 2 aromatic carbocycles. The van der Waals surface area contributed by atoms with Crippen LogP contribution >= 0.6 is 0 Å². The SMILES string of the molecule is CC(=O)NCCNC(=O)/C=C/c1cccc2ccccc12. The Bertz CT molecular complexity index is 672. The molecule has 2 aromatic rings. The Morgan fingerprint density at radius 3 is 2.52 bits per heavy atom. The number of rotatable bonds is 5. The van der Waals surface area contributed by atoms with Gasteiger partial charge in [0.25, 0.3) is 0 Å². The molecule has 0 saturated heterocycles. The van der Waals surface area contributed by atoms with E-state index in [9.17, 15) is 9.59 Å². The monoisotopic (exact) mass is 282 g/mol. The first-order valence-electron chi connectivity index (χ1n) is 6.85. The van der Waals surface area contributed by atoms with Crippen molar-refractivity contribution in [2.75, 3.05) is 13.1 Å². The standard InChI is InChI=1S/C17H18N2O2/c1-13(20)18-11-12-19-17(21)10-9-15-7-4-6-14-5-2-3-8-16(14)15/h2-10H,11-12H2,1H3,(H,18,20)(H,19,21)/b10-9+. The van der Waals surface area contributed by atoms with Gasteiger partial charge in [-0.3, -0.25) is 9.59 Å². The minimum absolute atomic E-state index is 0.101. The fourth-order valence-electron chi connectivity index (χ4n) is 2.04. The summed E-state index contributed by atoms with van der Waals surface area (Å²) >= 11 is 0. The van der Waals surface area contributed by atoms with E-state index < -0.39 is 0 Å². The molecule has 0 bridgehead atoms. The normalized spacial score (nSPS) is 10.7. The highest BCUT2D eigenvalue weighted by Crippen LogP contribution is 2.19. The van der Waals surface area contributed by atoms with Crippen molar-refractivity contribution in [2.45, 2.75) is 6.92 Å². The number of hydrogen-bond donors (Lipinski definition) is 2. The lowest BCUT2D eigenvalue weighted by Gasteiger charge is -2.03. The van der Waals surface area contributed by atoms with Gasteiger partial charge >= 0.3 is 0 Å². The smallest absolute Gasteiger partial charge is 0.244 e. The summed E-state index contributed by atoms with van der Waals surface area (Å²) in [7, 11) is 0. The first-order valence-corrected chi connectivity index (χ1v) is 6.85. The molecule has 4 heteroatoms. The van der Waals surface area contributed by atoms with Crippen LogP contribution in [0.3, 0.4) is 0 Å². The van der Waals surface area contributed by atoms with Crippen LogP contribution in [0.25, 0.3) is 16.8 Å². The van der Waals surface area contributed by atoms with E-state index in [1.165, 1.54) is 13.0 Å². The largest absolute Gasteiger partial charge is 0.355 e. The zero-order valence-corrected chi connectivity index (χ0v) is 11.9. The minimum Gasteiger partial charge on any atom is -0.355 e. The first kappa shape index (κ1) is 14.8. The van der Waals surface area contributed by atoms with Crippen molar-refractivity contribution in [3.05, 3.63) is 54.1 Å². The third-order valence-electron chi connectivity index (χ3n) is 3.04. The average Bonchev–Trinajstić information content (AvgIpc) is 2.49. The highest BCUT2D eigenvalue weighted by atomic mass is 16.2. The molecule has 0 heterocycles. The van der Waals surface area contributed by atoms with E-state index in [1.807, 2.05) is 42.5 Å². The van der Waals surface area contributed by atoms with Crippen LogP contribution in [0.15, 0.2) is 48.5 Å². The van der Waals surface area contributed by atoms with Gasteiger partial charge in [0.05, 0.1) is 0 Å². The van der Waals surface area contributed by atoms with Gasteiger partial charge in [0.2, 0.25) is 11.8 Å². The van der Waals surface area contributed by atoms with Gasteiger partial charge in [-0.1, -0.05) is 42.5 Å². The van der Waals surface area contributed by atoms with E-state index in [1.54, 1.807) is 6.08 Å². The van der Waals surface area contributed by atoms with Gasteiger partial charge in [-0.25, -0.2) is 0 Å². The maximum atomic E-state index is 11.7. The van der Waals surface area contributed by atoms with E-state index in [0.29, 0.717) is 13.1 Å². The molecule has 2 amide bonds. The summed E-state index contributed by atoms with van der Waals surface area (Å²) in [6, 6.07) is 14.0. The molecule has 0 aliphatic heterocycles. The number of nitrogens with one attached hydrogen (secondary N) is 2. The molecule has 0 radical (unpaired) electrons. The lowest BCUT2D eigenvalue weighted by molar-refractivity contribution is -0.119. The number of carbonyl (C=O) groups is 2. The Morgan fingerprint density at radius 2 is 1.71 bits per heavy atom. The number of hydrogen-bond acceptors (Lipinski definition) is 2. The van der Waals surface area contributed by atoms with Gasteiger partial charge < -0.3 is 10.6 Å². The second kappa shape index (κ2) is 7.24. The molecule has 0 fully saturated rings. The Balaban J connectivity index is 1.96. The van der Waals surface area contributed by atoms with Crippen LogP contribution in [0.2, 0.25) is 0 Å². The van der Waals surface area contributed by atoms with E-state index in [0.717, 1.165) is 16.3 Å². The molecule has 4 nitrogen and oxygen atoms in total. The Morgan fingerprint density at radius 1 is 1.00 bits per heavy atom. The van der Waals surface area contributed by atoms with Crippen LogP contribution < -0.4 is 10.6 Å². The fourth-order valence-corrected chi connectivity index (χ4v) is 2.04. The van der Waals surface area contributed by atoms with Crippen LogP contribution in [0.4, 0.5) is 0 Å². The van der Waals surface area contributed by atoms with Crippen LogP contribution in [0, 0.1) is 0 Å². The van der Waals surface area contributed by atoms with Crippen LogP contribution in [0.1, 0.15) is 12.5 Å². The molecule has 2 rings (SSSR count). The summed E-state index contributed by atoms with van der Waals surface area (Å²) in [4.78, 5) is 22.4. The molecule has 108 valence electrons. The third-order valence-corrected chi connectivity index (χ3v) is 3.04. The van der Waals surface area contributed by atoms with E-state index in [2.05, 4.69) is 10.6 Å². The first-order chi connectivity index (χ1) is 10.2. The number of carbonyl (C=O) groups excluding carboxylic acids is 2. The van der Waals surface area contributed by atoms with Gasteiger partial charge in [0.1, 0.15) is 0 Å². The molecule has 21 heavy (non-hydrogen) atoms. The van der Waals surface area contributed by atoms with Gasteiger partial charge in [0.15, 0.2) is 0 Å². The van der Waals surface area contributed by atoms with Crippen molar-refractivity contribution >= 4 is 28.7 Å². The summed E-state index contributed by atoms with van der Waals surface area (Å²) in [6.45, 7) is 2.30. The van der Waals surface area contributed by atoms with Crippen LogP contribution in [-0.2, 0) is 9.59 Å². The highest BCUT2D eigenvalue weighted by molar-refractivity contribution is 5.96. The predicted molar refractivity (Wildman–Crippen MR) is 84.7 cm³/mol. The van der Waals surface area contributed by atoms with E-state index in [-0.39, 0.29) is 11.8 Å². The predicted octanol–water partition coefficient (Wildman–Crippen LogP) is 2.11. The van der Waals surface area contributed by atoms with E-state index in [4.69, 9.17) is 0 Å². The average molecular weight is 282 g/mol. The minimum atomic E-state index is -0.173. The third kappa shape index (κ3) is 4.45. The van der Waals surface area contributed by atoms with Gasteiger partial charge in [0, 0.05) is 26.1 Å². The summed E-state index contributed by atoms with van der Waals surface area (Å²) in [5.41, 5.74) is 1.00. The van der Waals surface area contributed by atoms with Crippen molar-refractivity contribution in [3.63, 3.8) is 0 Å². The Kier molecular flexibility index (Phi) is 5.10. The summed E-state index contributed by atoms with van der Waals surface area (Å²) in [5.74, 6) is -0.274. The topological polar surface area (TPSA) is 58.2 Å². The van der Waals surface area contributed by atoms with Crippen molar-refractivity contribution in [2.24, 2.45) is 0 Å². The molecule has 0 aliphatic rings. The summed E-state index contributed by atoms with van der Waals surface area (Å²) in [5, 5.41) is 7.59. The maximum absolute atomic E-state index is 11.7. The molecule has 0 unspecified atom stereocenters. The summed E-state index contributed by atoms with van der Waals surface area (Å²) in [6.07, 6.45) is 3.31. The Labute approximate surface area is 123 Å². The van der Waals surface area contributed by atoms with E-state index >= 15 is 0 Å². The fraction of sp³-hybridized carbons (Fsp3) is 0.176. The lowest BCUT2D eigenvalue weighted by Crippen LogP contribution is -2.32. The number of fused-ring (bicyclic) bond motifs is 1. The molecular weight excluding hydrogens is 264 g/mol. The second-order valence-electron chi connectivity index (χ2n) is 4.68. The van der Waals surface area contributed by atoms with Gasteiger partial charge in [-0.15, -0.1) is 0 Å². The molecule has 0 aliphatic carbocycles. The molecule has 0 atom stereocenters. The molecule has 2 N–H and O–H groups in total. The molecule has 0 saturated carbocycles. The molecule has 0 aromatic heterocycles. The zero-order valence-electron chi connectivity index (χ0n) is 11.9. The van der Waals surface area contributed by atoms with Crippen LogP contribution in [-0.4, -0.2) is 24.9 Å². The lowest BCUT2D eigenvalue weighted by atomic mass is 10.0. The molecular formula is C17H18N2O2. The molecule has 0 spiro atoms. The highest BCUT2D eigenvalue weighted by Gasteiger charge is 1.98. The van der Waals surface area contributed by atoms with Crippen molar-refractivity contribution in [1.82, 2.24) is 10.6 Å². The number of benzene rings is 2. The van der Waals surface area contributed by atoms with Crippen molar-refractivity contribution < 1.29 is 9.59 Å². The van der Waals surface area contributed by atoms with Crippen molar-refractivity contribution in [3.8, 4) is 0 Å². The van der Waals surface area contributed by atoms with Gasteiger partial charge in [-0.2, -0.15) is 0 Å². The van der Waals surface area contributed by atoms with Crippen molar-refractivity contribution in [1.29, 1.82) is 0 Å². The summed E-state index contributed by atoms with van der Waals surface area (Å²) < 4.78 is 0. The van der Waals surface area contributed by atoms with Crippen LogP contribution in [0.5, 0.6) is 0 Å². The maximum Gasteiger partial charge on any atom is 0.244 e. The zero-order chi connectivity index (χ0) is 15.1. The number of amides is 2. The quantitative estimate of drug-likeness (QED) is 0.652.